The lowest BCUT2D eigenvalue weighted by Gasteiger charge is -2.16. The van der Waals surface area contributed by atoms with Gasteiger partial charge >= 0.3 is 5.22 Å². The van der Waals surface area contributed by atoms with Crippen LogP contribution in [0.2, 0.25) is 0 Å². The zero-order chi connectivity index (χ0) is 15.3. The summed E-state index contributed by atoms with van der Waals surface area (Å²) < 4.78 is 27.8. The molecule has 0 fully saturated rings. The number of sulfone groups is 1. The van der Waals surface area contributed by atoms with Crippen LogP contribution in [0, 0.1) is 5.92 Å². The highest BCUT2D eigenvalue weighted by Gasteiger charge is 2.24. The van der Waals surface area contributed by atoms with Crippen LogP contribution in [-0.4, -0.2) is 36.7 Å². The Labute approximate surface area is 123 Å². The van der Waals surface area contributed by atoms with E-state index in [-0.39, 0.29) is 30.0 Å². The minimum absolute atomic E-state index is 0.0852. The van der Waals surface area contributed by atoms with Crippen molar-refractivity contribution < 1.29 is 17.6 Å². The predicted octanol–water partition coefficient (Wildman–Crippen LogP) is 1.31. The molecule has 1 aromatic rings. The minimum atomic E-state index is -3.56. The van der Waals surface area contributed by atoms with Crippen LogP contribution in [0.15, 0.2) is 9.64 Å². The molecule has 114 valence electrons. The Hall–Kier alpha value is -1.15. The van der Waals surface area contributed by atoms with Crippen molar-refractivity contribution in [1.29, 1.82) is 0 Å². The van der Waals surface area contributed by atoms with Gasteiger partial charge in [0.25, 0.3) is 0 Å². The van der Waals surface area contributed by atoms with E-state index in [1.54, 1.807) is 0 Å². The Morgan fingerprint density at radius 2 is 2.05 bits per heavy atom. The van der Waals surface area contributed by atoms with E-state index in [0.29, 0.717) is 6.42 Å². The van der Waals surface area contributed by atoms with E-state index in [0.717, 1.165) is 6.26 Å². The van der Waals surface area contributed by atoms with E-state index in [2.05, 4.69) is 15.5 Å². The highest BCUT2D eigenvalue weighted by atomic mass is 35.5. The molecule has 0 bridgehead atoms. The fourth-order valence-corrected chi connectivity index (χ4v) is 2.15. The third-order valence-corrected chi connectivity index (χ3v) is 3.39. The van der Waals surface area contributed by atoms with Crippen LogP contribution >= 0.6 is 11.6 Å². The molecule has 0 saturated heterocycles. The molecule has 1 aromatic heterocycles. The van der Waals surface area contributed by atoms with Crippen LogP contribution < -0.4 is 5.32 Å². The molecule has 1 atom stereocenters. The van der Waals surface area contributed by atoms with Crippen molar-refractivity contribution in [3.05, 3.63) is 5.89 Å². The molecule has 20 heavy (non-hydrogen) atoms. The molecule has 0 aliphatic heterocycles. The molecule has 7 nitrogen and oxygen atoms in total. The van der Waals surface area contributed by atoms with Gasteiger partial charge in [-0.1, -0.05) is 18.9 Å². The van der Waals surface area contributed by atoms with Crippen molar-refractivity contribution in [3.63, 3.8) is 0 Å². The van der Waals surface area contributed by atoms with Crippen LogP contribution in [0.5, 0.6) is 0 Å². The molecular formula is C11H18ClN3O4S. The third-order valence-electron chi connectivity index (χ3n) is 2.40. The first kappa shape index (κ1) is 16.9. The van der Waals surface area contributed by atoms with Crippen molar-refractivity contribution in [2.75, 3.05) is 12.1 Å². The number of carbonyl (C=O) groups excluding carboxylic acids is 1. The lowest BCUT2D eigenvalue weighted by Crippen LogP contribution is -2.29. The van der Waals surface area contributed by atoms with E-state index in [1.165, 1.54) is 0 Å². The van der Waals surface area contributed by atoms with Gasteiger partial charge in [0.15, 0.2) is 0 Å². The monoisotopic (exact) mass is 323 g/mol. The van der Waals surface area contributed by atoms with Crippen molar-refractivity contribution in [3.8, 4) is 0 Å². The summed E-state index contributed by atoms with van der Waals surface area (Å²) in [6.07, 6.45) is 1.70. The van der Waals surface area contributed by atoms with Crippen LogP contribution in [0.25, 0.3) is 0 Å². The molecule has 0 saturated carbocycles. The second kappa shape index (κ2) is 7.03. The second-order valence-electron chi connectivity index (χ2n) is 4.87. The summed E-state index contributed by atoms with van der Waals surface area (Å²) in [4.78, 5) is 11.6. The molecular weight excluding hydrogens is 306 g/mol. The molecule has 1 N–H and O–H groups in total. The summed E-state index contributed by atoms with van der Waals surface area (Å²) in [5.41, 5.74) is 0. The van der Waals surface area contributed by atoms with Gasteiger partial charge in [-0.15, -0.1) is 16.7 Å². The molecule has 1 amide bonds. The number of aromatic nitrogens is 2. The smallest absolute Gasteiger partial charge is 0.335 e. The average molecular weight is 324 g/mol. The number of nitrogens with one attached hydrogen (secondary N) is 1. The normalized spacial score (nSPS) is 13.4. The number of carbonyl (C=O) groups is 1. The Kier molecular flexibility index (Phi) is 5.94. The number of amides is 1. The SMILES string of the molecule is CC(C)C[C@H](NC(=O)CCCl)c1nnc(S(C)(=O)=O)o1. The maximum atomic E-state index is 11.6. The lowest BCUT2D eigenvalue weighted by atomic mass is 10.0. The molecule has 0 radical (unpaired) electrons. The van der Waals surface area contributed by atoms with Gasteiger partial charge in [-0.2, -0.15) is 0 Å². The van der Waals surface area contributed by atoms with Crippen molar-refractivity contribution >= 4 is 27.3 Å². The summed E-state index contributed by atoms with van der Waals surface area (Å²) in [7, 11) is -3.56. The fourth-order valence-electron chi connectivity index (χ4n) is 1.56. The van der Waals surface area contributed by atoms with E-state index >= 15 is 0 Å². The molecule has 9 heteroatoms. The maximum absolute atomic E-state index is 11.6. The molecule has 1 heterocycles. The van der Waals surface area contributed by atoms with Gasteiger partial charge in [0.1, 0.15) is 6.04 Å². The summed E-state index contributed by atoms with van der Waals surface area (Å²) in [6, 6.07) is -0.520. The van der Waals surface area contributed by atoms with Crippen LogP contribution in [0.3, 0.4) is 0 Å². The van der Waals surface area contributed by atoms with Gasteiger partial charge in [0, 0.05) is 18.6 Å². The molecule has 0 aliphatic rings. The Balaban J connectivity index is 2.93. The molecule has 1 rings (SSSR count). The first-order chi connectivity index (χ1) is 9.24. The first-order valence-electron chi connectivity index (χ1n) is 6.12. The van der Waals surface area contributed by atoms with E-state index in [4.69, 9.17) is 16.0 Å². The van der Waals surface area contributed by atoms with Gasteiger partial charge in [-0.25, -0.2) is 8.42 Å². The average Bonchev–Trinajstić information content (AvgIpc) is 2.76. The van der Waals surface area contributed by atoms with E-state index in [1.807, 2.05) is 13.8 Å². The Morgan fingerprint density at radius 3 is 2.50 bits per heavy atom. The third kappa shape index (κ3) is 5.09. The van der Waals surface area contributed by atoms with Crippen LogP contribution in [0.1, 0.15) is 38.6 Å². The number of hydrogen-bond acceptors (Lipinski definition) is 6. The number of hydrogen-bond donors (Lipinski definition) is 1. The van der Waals surface area contributed by atoms with Crippen molar-refractivity contribution in [1.82, 2.24) is 15.5 Å². The van der Waals surface area contributed by atoms with Crippen LogP contribution in [-0.2, 0) is 14.6 Å². The quantitative estimate of drug-likeness (QED) is 0.759. The highest BCUT2D eigenvalue weighted by Crippen LogP contribution is 2.21. The predicted molar refractivity (Wildman–Crippen MR) is 73.1 cm³/mol. The standard InChI is InChI=1S/C11H18ClN3O4S/c1-7(2)6-8(13-9(16)4-5-12)10-14-15-11(19-10)20(3,17)18/h7-8H,4-6H2,1-3H3,(H,13,16)/t8-/m0/s1. The molecule has 0 aliphatic carbocycles. The fraction of sp³-hybridized carbons (Fsp3) is 0.727. The second-order valence-corrected chi connectivity index (χ2v) is 7.14. The topological polar surface area (TPSA) is 102 Å². The Bertz CT molecular complexity index is 556. The summed E-state index contributed by atoms with van der Waals surface area (Å²) in [6.45, 7) is 3.93. The van der Waals surface area contributed by atoms with Gasteiger partial charge in [-0.3, -0.25) is 4.79 Å². The highest BCUT2D eigenvalue weighted by molar-refractivity contribution is 7.90. The molecule has 0 unspecified atom stereocenters. The number of rotatable bonds is 7. The zero-order valence-corrected chi connectivity index (χ0v) is 13.2. The molecule has 0 spiro atoms. The lowest BCUT2D eigenvalue weighted by molar-refractivity contribution is -0.121. The van der Waals surface area contributed by atoms with Crippen molar-refractivity contribution in [2.45, 2.75) is 38.0 Å². The van der Waals surface area contributed by atoms with Crippen LogP contribution in [0.4, 0.5) is 0 Å². The zero-order valence-electron chi connectivity index (χ0n) is 11.6. The largest absolute Gasteiger partial charge is 0.410 e. The van der Waals surface area contributed by atoms with Crippen molar-refractivity contribution in [2.24, 2.45) is 5.92 Å². The number of alkyl halides is 1. The van der Waals surface area contributed by atoms with Gasteiger partial charge in [-0.05, 0) is 12.3 Å². The van der Waals surface area contributed by atoms with Gasteiger partial charge in [0.2, 0.25) is 21.6 Å². The number of nitrogens with zero attached hydrogens (tertiary/aromatic N) is 2. The van der Waals surface area contributed by atoms with Gasteiger partial charge < -0.3 is 9.73 Å². The van der Waals surface area contributed by atoms with Gasteiger partial charge in [0.05, 0.1) is 0 Å². The Morgan fingerprint density at radius 1 is 1.40 bits per heavy atom. The maximum Gasteiger partial charge on any atom is 0.335 e. The minimum Gasteiger partial charge on any atom is -0.410 e. The summed E-state index contributed by atoms with van der Waals surface area (Å²) in [5.74, 6) is 0.301. The van der Waals surface area contributed by atoms with E-state index < -0.39 is 21.1 Å². The van der Waals surface area contributed by atoms with E-state index in [9.17, 15) is 13.2 Å². The molecule has 0 aromatic carbocycles. The summed E-state index contributed by atoms with van der Waals surface area (Å²) >= 11 is 5.50. The summed E-state index contributed by atoms with van der Waals surface area (Å²) in [5, 5.41) is 9.46. The first-order valence-corrected chi connectivity index (χ1v) is 8.55. The number of halogens is 1.